The number of carbonyl (C=O) groups excluding carboxylic acids is 2. The molecule has 3 N–H and O–H groups in total. The second-order valence-corrected chi connectivity index (χ2v) is 9.72. The van der Waals surface area contributed by atoms with Crippen LogP contribution in [0.4, 0.5) is 4.79 Å². The number of rotatable bonds is 10. The average molecular weight is 465 g/mol. The van der Waals surface area contributed by atoms with E-state index in [0.717, 1.165) is 11.1 Å². The minimum Gasteiger partial charge on any atom is -0.481 e. The van der Waals surface area contributed by atoms with E-state index >= 15 is 0 Å². The molecule has 1 unspecified atom stereocenters. The van der Waals surface area contributed by atoms with Crippen LogP contribution in [0.2, 0.25) is 0 Å². The monoisotopic (exact) mass is 464 g/mol. The summed E-state index contributed by atoms with van der Waals surface area (Å²) in [4.78, 5) is 36.2. The molecule has 2 aromatic rings. The van der Waals surface area contributed by atoms with Gasteiger partial charge in [-0.25, -0.2) is 4.79 Å². The van der Waals surface area contributed by atoms with Crippen LogP contribution in [-0.4, -0.2) is 42.8 Å². The number of fused-ring (bicyclic) bond motifs is 3. The molecule has 180 valence electrons. The van der Waals surface area contributed by atoms with Crippen molar-refractivity contribution in [1.29, 1.82) is 0 Å². The number of nitrogens with one attached hydrogen (secondary N) is 2. The number of amides is 2. The largest absolute Gasteiger partial charge is 0.481 e. The van der Waals surface area contributed by atoms with Crippen LogP contribution in [0.15, 0.2) is 48.5 Å². The van der Waals surface area contributed by atoms with Crippen LogP contribution in [0.5, 0.6) is 0 Å². The Balaban J connectivity index is 1.29. The topological polar surface area (TPSA) is 105 Å². The molecule has 2 aliphatic rings. The van der Waals surface area contributed by atoms with E-state index in [9.17, 15) is 14.4 Å². The number of benzene rings is 2. The Morgan fingerprint density at radius 3 is 2.18 bits per heavy atom. The summed E-state index contributed by atoms with van der Waals surface area (Å²) in [6, 6.07) is 16.3. The lowest BCUT2D eigenvalue weighted by molar-refractivity contribution is -0.139. The Hall–Kier alpha value is -3.35. The normalized spacial score (nSPS) is 19.1. The first-order valence-corrected chi connectivity index (χ1v) is 11.9. The summed E-state index contributed by atoms with van der Waals surface area (Å²) in [6.45, 7) is 4.80. The van der Waals surface area contributed by atoms with Crippen molar-refractivity contribution < 1.29 is 24.2 Å². The van der Waals surface area contributed by atoms with Gasteiger partial charge in [0.2, 0.25) is 5.91 Å². The van der Waals surface area contributed by atoms with Crippen molar-refractivity contribution in [2.45, 2.75) is 32.6 Å². The van der Waals surface area contributed by atoms with Crippen LogP contribution in [0, 0.1) is 23.7 Å². The third-order valence-electron chi connectivity index (χ3n) is 6.74. The van der Waals surface area contributed by atoms with Gasteiger partial charge in [-0.3, -0.25) is 9.59 Å². The second-order valence-electron chi connectivity index (χ2n) is 9.72. The lowest BCUT2D eigenvalue weighted by atomic mass is 9.96. The number of carbonyl (C=O) groups is 3. The zero-order valence-corrected chi connectivity index (χ0v) is 19.6. The van der Waals surface area contributed by atoms with Crippen molar-refractivity contribution in [3.63, 3.8) is 0 Å². The fraction of sp³-hybridized carbons (Fsp3) is 0.444. The SMILES string of the molecule is CC(C)CC(CNC(=O)OCC1c2ccccc2-c2ccccc21)C(=O)NC[C@@H]1C[C@@H]1C(=O)O. The molecule has 0 spiro atoms. The van der Waals surface area contributed by atoms with Crippen LogP contribution >= 0.6 is 0 Å². The minimum atomic E-state index is -0.810. The Morgan fingerprint density at radius 1 is 1.00 bits per heavy atom. The van der Waals surface area contributed by atoms with Crippen molar-refractivity contribution in [2.24, 2.45) is 23.7 Å². The average Bonchev–Trinajstić information content (AvgIpc) is 3.54. The lowest BCUT2D eigenvalue weighted by Crippen LogP contribution is -2.40. The summed E-state index contributed by atoms with van der Waals surface area (Å²) in [7, 11) is 0. The maximum atomic E-state index is 12.7. The summed E-state index contributed by atoms with van der Waals surface area (Å²) in [5.41, 5.74) is 4.63. The van der Waals surface area contributed by atoms with Gasteiger partial charge in [-0.2, -0.15) is 0 Å². The standard InChI is InChI=1S/C27H32N2O5/c1-16(2)11-18(25(30)28-13-17-12-23(17)26(31)32)14-29-27(33)34-15-24-21-9-5-3-7-19(21)20-8-4-6-10-22(20)24/h3-10,16-18,23-24H,11-15H2,1-2H3,(H,28,30)(H,29,33)(H,31,32)/t17-,18?,23-/m0/s1. The van der Waals surface area contributed by atoms with Crippen molar-refractivity contribution in [3.05, 3.63) is 59.7 Å². The van der Waals surface area contributed by atoms with Crippen molar-refractivity contribution in [3.8, 4) is 11.1 Å². The fourth-order valence-corrected chi connectivity index (χ4v) is 4.86. The van der Waals surface area contributed by atoms with Crippen molar-refractivity contribution in [2.75, 3.05) is 19.7 Å². The first-order chi connectivity index (χ1) is 16.3. The minimum absolute atomic E-state index is 0.00348. The highest BCUT2D eigenvalue weighted by molar-refractivity contribution is 5.81. The molecule has 2 aliphatic carbocycles. The van der Waals surface area contributed by atoms with Gasteiger partial charge in [0.15, 0.2) is 0 Å². The fourth-order valence-electron chi connectivity index (χ4n) is 4.86. The van der Waals surface area contributed by atoms with E-state index in [-0.39, 0.29) is 42.7 Å². The van der Waals surface area contributed by atoms with Crippen LogP contribution in [0.1, 0.15) is 43.7 Å². The van der Waals surface area contributed by atoms with Gasteiger partial charge in [0, 0.05) is 19.0 Å². The van der Waals surface area contributed by atoms with Gasteiger partial charge in [0.25, 0.3) is 0 Å². The molecular weight excluding hydrogens is 432 g/mol. The molecule has 0 radical (unpaired) electrons. The van der Waals surface area contributed by atoms with Gasteiger partial charge in [-0.15, -0.1) is 0 Å². The van der Waals surface area contributed by atoms with Crippen LogP contribution < -0.4 is 10.6 Å². The van der Waals surface area contributed by atoms with Gasteiger partial charge < -0.3 is 20.5 Å². The third-order valence-corrected chi connectivity index (χ3v) is 6.74. The smallest absolute Gasteiger partial charge is 0.407 e. The van der Waals surface area contributed by atoms with E-state index in [1.54, 1.807) is 0 Å². The van der Waals surface area contributed by atoms with Gasteiger partial charge in [0.05, 0.1) is 11.8 Å². The van der Waals surface area contributed by atoms with Crippen molar-refractivity contribution >= 4 is 18.0 Å². The Morgan fingerprint density at radius 2 is 1.62 bits per heavy atom. The zero-order valence-electron chi connectivity index (χ0n) is 19.6. The molecular formula is C27H32N2O5. The summed E-state index contributed by atoms with van der Waals surface area (Å²) in [5.74, 6) is -1.48. The number of aliphatic carboxylic acids is 1. The predicted octanol–water partition coefficient (Wildman–Crippen LogP) is 4.02. The number of carboxylic acids is 1. The van der Waals surface area contributed by atoms with Crippen molar-refractivity contribution in [1.82, 2.24) is 10.6 Å². The maximum Gasteiger partial charge on any atom is 0.407 e. The summed E-state index contributed by atoms with van der Waals surface area (Å²) < 4.78 is 5.58. The predicted molar refractivity (Wildman–Crippen MR) is 128 cm³/mol. The number of hydrogen-bond acceptors (Lipinski definition) is 4. The second kappa shape index (κ2) is 10.3. The van der Waals surface area contributed by atoms with E-state index in [0.29, 0.717) is 19.4 Å². The molecule has 0 aromatic heterocycles. The molecule has 1 saturated carbocycles. The zero-order chi connectivity index (χ0) is 24.2. The van der Waals surface area contributed by atoms with Crippen LogP contribution in [0.3, 0.4) is 0 Å². The molecule has 0 bridgehead atoms. The highest BCUT2D eigenvalue weighted by Gasteiger charge is 2.43. The summed E-state index contributed by atoms with van der Waals surface area (Å²) in [6.07, 6.45) is 0.668. The maximum absolute atomic E-state index is 12.7. The van der Waals surface area contributed by atoms with E-state index < -0.39 is 18.0 Å². The molecule has 2 amide bonds. The highest BCUT2D eigenvalue weighted by atomic mass is 16.5. The lowest BCUT2D eigenvalue weighted by Gasteiger charge is -2.20. The van der Waals surface area contributed by atoms with Crippen LogP contribution in [0.25, 0.3) is 11.1 Å². The molecule has 7 heteroatoms. The number of hydrogen-bond donors (Lipinski definition) is 3. The Kier molecular flexibility index (Phi) is 7.20. The highest BCUT2D eigenvalue weighted by Crippen LogP contribution is 2.44. The van der Waals surface area contributed by atoms with Gasteiger partial charge in [0.1, 0.15) is 6.61 Å². The molecule has 1 fully saturated rings. The Bertz CT molecular complexity index is 1020. The first kappa shape index (κ1) is 23.8. The van der Waals surface area contributed by atoms with E-state index in [1.165, 1.54) is 11.1 Å². The Labute approximate surface area is 199 Å². The number of carboxylic acid groups (broad SMARTS) is 1. The number of ether oxygens (including phenoxy) is 1. The molecule has 7 nitrogen and oxygen atoms in total. The van der Waals surface area contributed by atoms with Crippen LogP contribution in [-0.2, 0) is 14.3 Å². The molecule has 0 saturated heterocycles. The first-order valence-electron chi connectivity index (χ1n) is 11.9. The third kappa shape index (κ3) is 5.41. The molecule has 2 aromatic carbocycles. The number of alkyl carbamates (subject to hydrolysis) is 1. The van der Waals surface area contributed by atoms with E-state index in [4.69, 9.17) is 9.84 Å². The van der Waals surface area contributed by atoms with Gasteiger partial charge in [-0.05, 0) is 46.9 Å². The molecule has 4 rings (SSSR count). The van der Waals surface area contributed by atoms with E-state index in [2.05, 4.69) is 34.9 Å². The summed E-state index contributed by atoms with van der Waals surface area (Å²) in [5, 5.41) is 14.6. The van der Waals surface area contributed by atoms with Gasteiger partial charge >= 0.3 is 12.1 Å². The molecule has 34 heavy (non-hydrogen) atoms. The van der Waals surface area contributed by atoms with Gasteiger partial charge in [-0.1, -0.05) is 62.4 Å². The quantitative estimate of drug-likeness (QED) is 0.493. The molecule has 3 atom stereocenters. The molecule has 0 aliphatic heterocycles. The molecule has 0 heterocycles. The summed E-state index contributed by atoms with van der Waals surface area (Å²) >= 11 is 0. The van der Waals surface area contributed by atoms with E-state index in [1.807, 2.05) is 38.1 Å².